The maximum atomic E-state index is 9.32. The Kier molecular flexibility index (Phi) is 4.27. The number of phenols is 1. The third kappa shape index (κ3) is 3.58. The normalized spacial score (nSPS) is 15.5. The van der Waals surface area contributed by atoms with E-state index >= 15 is 0 Å². The van der Waals surface area contributed by atoms with Gasteiger partial charge >= 0.3 is 0 Å². The minimum atomic E-state index is -1.43. The topological polar surface area (TPSA) is 29.5 Å². The molecule has 0 radical (unpaired) electrons. The van der Waals surface area contributed by atoms with Crippen molar-refractivity contribution in [3.05, 3.63) is 54.1 Å². The minimum absolute atomic E-state index is 0.264. The maximum absolute atomic E-state index is 9.32. The van der Waals surface area contributed by atoms with E-state index in [4.69, 9.17) is 15.4 Å². The molecule has 2 rings (SSSR count). The van der Waals surface area contributed by atoms with E-state index in [1.807, 2.05) is 36.4 Å². The summed E-state index contributed by atoms with van der Waals surface area (Å²) in [6.07, 6.45) is 2.06. The number of rotatable bonds is 4. The van der Waals surface area contributed by atoms with Crippen molar-refractivity contribution in [1.82, 2.24) is 0 Å². The second kappa shape index (κ2) is 5.76. The van der Waals surface area contributed by atoms with Crippen molar-refractivity contribution in [2.75, 3.05) is 13.4 Å². The highest BCUT2D eigenvalue weighted by molar-refractivity contribution is 8.50. The molecule has 2 nitrogen and oxygen atoms in total. The highest BCUT2D eigenvalue weighted by Gasteiger charge is 2.18. The fourth-order valence-electron chi connectivity index (χ4n) is 1.85. The number of halogens is 1. The lowest BCUT2D eigenvalue weighted by Gasteiger charge is -2.28. The Balaban J connectivity index is 2.17. The van der Waals surface area contributed by atoms with E-state index in [0.717, 1.165) is 16.4 Å². The van der Waals surface area contributed by atoms with Crippen molar-refractivity contribution in [2.45, 2.75) is 10.6 Å². The summed E-state index contributed by atoms with van der Waals surface area (Å²) in [6, 6.07) is 15.1. The number of ether oxygens (including phenoxy) is 1. The molecule has 102 valence electrons. The molecule has 0 saturated heterocycles. The first-order chi connectivity index (χ1) is 9.01. The second-order valence-electron chi connectivity index (χ2n) is 4.46. The molecule has 4 heteroatoms. The van der Waals surface area contributed by atoms with Crippen molar-refractivity contribution in [3.63, 3.8) is 0 Å². The van der Waals surface area contributed by atoms with Crippen LogP contribution in [0.2, 0.25) is 0 Å². The van der Waals surface area contributed by atoms with Gasteiger partial charge in [0.1, 0.15) is 11.5 Å². The third-order valence-electron chi connectivity index (χ3n) is 2.92. The van der Waals surface area contributed by atoms with E-state index < -0.39 is 9.24 Å². The molecule has 2 aromatic carbocycles. The zero-order valence-electron chi connectivity index (χ0n) is 11.0. The molecule has 0 aromatic heterocycles. The van der Waals surface area contributed by atoms with Gasteiger partial charge in [-0.25, -0.2) is 0 Å². The van der Waals surface area contributed by atoms with Gasteiger partial charge in [-0.3, -0.25) is 0 Å². The van der Waals surface area contributed by atoms with Gasteiger partial charge in [0.05, 0.1) is 7.11 Å². The van der Waals surface area contributed by atoms with Crippen molar-refractivity contribution < 1.29 is 9.84 Å². The van der Waals surface area contributed by atoms with Gasteiger partial charge < -0.3 is 9.84 Å². The predicted octanol–water partition coefficient (Wildman–Crippen LogP) is 4.55. The predicted molar refractivity (Wildman–Crippen MR) is 82.4 cm³/mol. The van der Waals surface area contributed by atoms with E-state index in [9.17, 15) is 5.11 Å². The number of benzene rings is 2. The Labute approximate surface area is 119 Å². The van der Waals surface area contributed by atoms with Crippen LogP contribution >= 0.6 is 19.9 Å². The fourth-order valence-corrected chi connectivity index (χ4v) is 4.22. The van der Waals surface area contributed by atoms with Crippen LogP contribution in [0.25, 0.3) is 0 Å². The molecule has 0 fully saturated rings. The van der Waals surface area contributed by atoms with Crippen LogP contribution in [0.1, 0.15) is 5.56 Å². The maximum Gasteiger partial charge on any atom is 0.118 e. The van der Waals surface area contributed by atoms with Gasteiger partial charge in [0.25, 0.3) is 0 Å². The number of phenolic OH excluding ortho intramolecular Hbond substituents is 1. The summed E-state index contributed by atoms with van der Waals surface area (Å²) in [5.74, 6) is 1.91. The van der Waals surface area contributed by atoms with Crippen LogP contribution in [-0.2, 0) is 5.75 Å². The average Bonchev–Trinajstić information content (AvgIpc) is 2.40. The molecule has 1 unspecified atom stereocenters. The molecule has 0 heterocycles. The van der Waals surface area contributed by atoms with Crippen LogP contribution in [-0.4, -0.2) is 18.5 Å². The summed E-state index contributed by atoms with van der Waals surface area (Å²) in [5.41, 5.74) is 1.18. The molecule has 1 atom stereocenters. The summed E-state index contributed by atoms with van der Waals surface area (Å²) >= 11 is 0. The third-order valence-corrected chi connectivity index (χ3v) is 5.92. The molecule has 0 saturated carbocycles. The standard InChI is InChI=1S/C15H17ClO2S/c1-18-14-7-3-12(4-8-14)11-19(2,16)15-9-5-13(17)6-10-15/h3-10,17H,11H2,1-2H3. The fraction of sp³-hybridized carbons (Fsp3) is 0.200. The Hall–Kier alpha value is -1.32. The summed E-state index contributed by atoms with van der Waals surface area (Å²) in [5, 5.41) is 9.32. The van der Waals surface area contributed by atoms with E-state index in [1.54, 1.807) is 19.2 Å². The average molecular weight is 297 g/mol. The van der Waals surface area contributed by atoms with Gasteiger partial charge in [0.2, 0.25) is 0 Å². The molecule has 0 bridgehead atoms. The Morgan fingerprint density at radius 2 is 1.63 bits per heavy atom. The van der Waals surface area contributed by atoms with Gasteiger partial charge in [-0.15, -0.1) is 9.24 Å². The Bertz CT molecular complexity index is 535. The lowest BCUT2D eigenvalue weighted by atomic mass is 10.2. The molecule has 0 aliphatic carbocycles. The van der Waals surface area contributed by atoms with Crippen LogP contribution in [0, 0.1) is 0 Å². The molecule has 19 heavy (non-hydrogen) atoms. The van der Waals surface area contributed by atoms with Crippen LogP contribution in [0.4, 0.5) is 0 Å². The molecule has 0 spiro atoms. The van der Waals surface area contributed by atoms with E-state index in [0.29, 0.717) is 0 Å². The molecule has 2 aromatic rings. The van der Waals surface area contributed by atoms with Crippen molar-refractivity contribution in [1.29, 1.82) is 0 Å². The zero-order chi connectivity index (χ0) is 13.9. The lowest BCUT2D eigenvalue weighted by molar-refractivity contribution is 0.414. The molecule has 0 aliphatic heterocycles. The SMILES string of the molecule is COc1ccc(CS(C)(Cl)c2ccc(O)cc2)cc1. The van der Waals surface area contributed by atoms with Gasteiger partial charge in [0, 0.05) is 10.6 Å². The molecule has 0 amide bonds. The van der Waals surface area contributed by atoms with Crippen LogP contribution < -0.4 is 4.74 Å². The Morgan fingerprint density at radius 3 is 2.16 bits per heavy atom. The summed E-state index contributed by atoms with van der Waals surface area (Å²) in [4.78, 5) is 1.07. The quantitative estimate of drug-likeness (QED) is 0.897. The van der Waals surface area contributed by atoms with Gasteiger partial charge in [-0.2, -0.15) is 0 Å². The number of methoxy groups -OCH3 is 1. The summed E-state index contributed by atoms with van der Waals surface area (Å²) in [7, 11) is 6.92. The van der Waals surface area contributed by atoms with E-state index in [2.05, 4.69) is 6.26 Å². The van der Waals surface area contributed by atoms with Crippen molar-refractivity contribution in [2.24, 2.45) is 0 Å². The monoisotopic (exact) mass is 296 g/mol. The Morgan fingerprint density at radius 1 is 1.05 bits per heavy atom. The van der Waals surface area contributed by atoms with Crippen molar-refractivity contribution >= 4 is 19.9 Å². The van der Waals surface area contributed by atoms with E-state index in [-0.39, 0.29) is 5.75 Å². The first-order valence-corrected chi connectivity index (χ1v) is 8.92. The van der Waals surface area contributed by atoms with E-state index in [1.165, 1.54) is 5.56 Å². The summed E-state index contributed by atoms with van der Waals surface area (Å²) < 4.78 is 5.14. The van der Waals surface area contributed by atoms with Crippen LogP contribution in [0.3, 0.4) is 0 Å². The number of hydrogen-bond donors (Lipinski definition) is 1. The second-order valence-corrected chi connectivity index (χ2v) is 9.22. The van der Waals surface area contributed by atoms with Crippen LogP contribution in [0.15, 0.2) is 53.4 Å². The molecular formula is C15H17ClO2S. The minimum Gasteiger partial charge on any atom is -0.508 e. The molecule has 1 N–H and O–H groups in total. The number of hydrogen-bond acceptors (Lipinski definition) is 2. The largest absolute Gasteiger partial charge is 0.508 e. The van der Waals surface area contributed by atoms with Gasteiger partial charge in [-0.05, 0) is 48.2 Å². The smallest absolute Gasteiger partial charge is 0.118 e. The first kappa shape index (κ1) is 14.1. The van der Waals surface area contributed by atoms with Gasteiger partial charge in [0.15, 0.2) is 0 Å². The lowest BCUT2D eigenvalue weighted by Crippen LogP contribution is -1.96. The zero-order valence-corrected chi connectivity index (χ0v) is 12.5. The molecule has 0 aliphatic rings. The van der Waals surface area contributed by atoms with Gasteiger partial charge in [-0.1, -0.05) is 22.8 Å². The number of aromatic hydroxyl groups is 1. The summed E-state index contributed by atoms with van der Waals surface area (Å²) in [6.45, 7) is 0. The highest BCUT2D eigenvalue weighted by Crippen LogP contribution is 2.59. The van der Waals surface area contributed by atoms with Crippen molar-refractivity contribution in [3.8, 4) is 11.5 Å². The van der Waals surface area contributed by atoms with Crippen LogP contribution in [0.5, 0.6) is 11.5 Å². The molecular weight excluding hydrogens is 280 g/mol. The highest BCUT2D eigenvalue weighted by atomic mass is 35.7. The first-order valence-electron chi connectivity index (χ1n) is 5.89.